The summed E-state index contributed by atoms with van der Waals surface area (Å²) in [5.74, 6) is 1.69. The van der Waals surface area contributed by atoms with E-state index in [1.54, 1.807) is 37.6 Å². The van der Waals surface area contributed by atoms with Crippen molar-refractivity contribution in [2.24, 2.45) is 0 Å². The molecule has 0 fully saturated rings. The molecular weight excluding hydrogens is 371 g/mol. The van der Waals surface area contributed by atoms with Crippen LogP contribution in [-0.4, -0.2) is 23.7 Å². The predicted octanol–water partition coefficient (Wildman–Crippen LogP) is 4.99. The zero-order valence-corrected chi connectivity index (χ0v) is 16.1. The largest absolute Gasteiger partial charge is 0.453 e. The summed E-state index contributed by atoms with van der Waals surface area (Å²) in [5, 5.41) is 12.0. The van der Waals surface area contributed by atoms with Crippen molar-refractivity contribution < 1.29 is 13.9 Å². The van der Waals surface area contributed by atoms with Gasteiger partial charge in [-0.05, 0) is 67.3 Å². The number of hydrogen-bond acceptors (Lipinski definition) is 6. The smallest absolute Gasteiger partial charge is 0.175 e. The monoisotopic (exact) mass is 392 g/mol. The number of anilines is 2. The Morgan fingerprint density at radius 3 is 2.59 bits per heavy atom. The van der Waals surface area contributed by atoms with Crippen molar-refractivity contribution in [2.45, 2.75) is 19.3 Å². The molecule has 0 saturated carbocycles. The van der Waals surface area contributed by atoms with E-state index in [2.05, 4.69) is 15.3 Å². The molecule has 148 valence electrons. The number of nitrogens with one attached hydrogen (secondary N) is 1. The molecule has 0 amide bonds. The standard InChI is InChI=1S/C22H21FN4O2/c1-28-11-3-2-4-16-12-20(29-19-8-6-18(23)7-9-19)22(26-14-16)27-21-10-5-17(13-24)15-25-21/h5-10,12,14-15H,2-4,11H2,1H3,(H,25,26,27). The number of methoxy groups -OCH3 is 1. The highest BCUT2D eigenvalue weighted by molar-refractivity contribution is 5.61. The minimum Gasteiger partial charge on any atom is -0.453 e. The highest BCUT2D eigenvalue weighted by Gasteiger charge is 2.10. The van der Waals surface area contributed by atoms with Gasteiger partial charge in [0.15, 0.2) is 11.6 Å². The van der Waals surface area contributed by atoms with E-state index in [-0.39, 0.29) is 5.82 Å². The number of nitriles is 1. The number of nitrogens with zero attached hydrogens (tertiary/aromatic N) is 3. The van der Waals surface area contributed by atoms with Gasteiger partial charge in [0.1, 0.15) is 23.5 Å². The van der Waals surface area contributed by atoms with Gasteiger partial charge in [-0.2, -0.15) is 5.26 Å². The van der Waals surface area contributed by atoms with Gasteiger partial charge in [0.2, 0.25) is 0 Å². The lowest BCUT2D eigenvalue weighted by atomic mass is 10.1. The topological polar surface area (TPSA) is 80.1 Å². The Labute approximate surface area is 169 Å². The first-order valence-corrected chi connectivity index (χ1v) is 9.22. The van der Waals surface area contributed by atoms with Crippen molar-refractivity contribution in [3.05, 3.63) is 71.8 Å². The Bertz CT molecular complexity index is 970. The lowest BCUT2D eigenvalue weighted by molar-refractivity contribution is 0.193. The van der Waals surface area contributed by atoms with E-state index in [1.165, 1.54) is 18.3 Å². The normalized spacial score (nSPS) is 10.4. The maximum absolute atomic E-state index is 13.2. The molecular formula is C22H21FN4O2. The lowest BCUT2D eigenvalue weighted by Gasteiger charge is -2.13. The van der Waals surface area contributed by atoms with Gasteiger partial charge in [-0.25, -0.2) is 14.4 Å². The van der Waals surface area contributed by atoms with E-state index in [1.807, 2.05) is 12.1 Å². The third-order valence-corrected chi connectivity index (χ3v) is 4.15. The fourth-order valence-corrected chi connectivity index (χ4v) is 2.65. The van der Waals surface area contributed by atoms with E-state index in [0.29, 0.717) is 28.7 Å². The van der Waals surface area contributed by atoms with E-state index >= 15 is 0 Å². The quantitative estimate of drug-likeness (QED) is 0.517. The first-order chi connectivity index (χ1) is 14.2. The SMILES string of the molecule is COCCCCc1cnc(Nc2ccc(C#N)cn2)c(Oc2ccc(F)cc2)c1. The van der Waals surface area contributed by atoms with Crippen molar-refractivity contribution in [3.8, 4) is 17.6 Å². The van der Waals surface area contributed by atoms with Crippen LogP contribution in [0, 0.1) is 17.1 Å². The summed E-state index contributed by atoms with van der Waals surface area (Å²) in [6.07, 6.45) is 6.03. The molecule has 2 aromatic heterocycles. The highest BCUT2D eigenvalue weighted by Crippen LogP contribution is 2.31. The second-order valence-electron chi connectivity index (χ2n) is 6.37. The summed E-state index contributed by atoms with van der Waals surface area (Å²) in [4.78, 5) is 8.69. The van der Waals surface area contributed by atoms with Crippen LogP contribution in [0.15, 0.2) is 54.9 Å². The van der Waals surface area contributed by atoms with Gasteiger partial charge in [-0.15, -0.1) is 0 Å². The molecule has 0 aliphatic heterocycles. The zero-order valence-electron chi connectivity index (χ0n) is 16.1. The molecule has 3 aromatic rings. The minimum absolute atomic E-state index is 0.331. The molecule has 2 heterocycles. The third-order valence-electron chi connectivity index (χ3n) is 4.15. The Balaban J connectivity index is 1.82. The molecule has 29 heavy (non-hydrogen) atoms. The molecule has 0 spiro atoms. The van der Waals surface area contributed by atoms with Crippen LogP contribution in [0.1, 0.15) is 24.0 Å². The molecule has 1 aromatic carbocycles. The van der Waals surface area contributed by atoms with Crippen LogP contribution in [0.3, 0.4) is 0 Å². The van der Waals surface area contributed by atoms with Crippen LogP contribution < -0.4 is 10.1 Å². The van der Waals surface area contributed by atoms with Crippen molar-refractivity contribution >= 4 is 11.6 Å². The molecule has 1 N–H and O–H groups in total. The summed E-state index contributed by atoms with van der Waals surface area (Å²) in [6.45, 7) is 0.719. The number of rotatable bonds is 9. The number of pyridine rings is 2. The Morgan fingerprint density at radius 1 is 1.07 bits per heavy atom. The maximum atomic E-state index is 13.2. The minimum atomic E-state index is -0.331. The lowest BCUT2D eigenvalue weighted by Crippen LogP contribution is -2.01. The van der Waals surface area contributed by atoms with Crippen LogP contribution >= 0.6 is 0 Å². The van der Waals surface area contributed by atoms with Crippen molar-refractivity contribution in [1.82, 2.24) is 9.97 Å². The second-order valence-corrected chi connectivity index (χ2v) is 6.37. The third kappa shape index (κ3) is 5.99. The average molecular weight is 392 g/mol. The van der Waals surface area contributed by atoms with Gasteiger partial charge in [-0.3, -0.25) is 0 Å². The molecule has 0 bridgehead atoms. The predicted molar refractivity (Wildman–Crippen MR) is 108 cm³/mol. The molecule has 6 nitrogen and oxygen atoms in total. The Hall–Kier alpha value is -3.50. The number of unbranched alkanes of at least 4 members (excludes halogenated alkanes) is 1. The van der Waals surface area contributed by atoms with Gasteiger partial charge in [0.25, 0.3) is 0 Å². The number of ether oxygens (including phenoxy) is 2. The number of benzene rings is 1. The van der Waals surface area contributed by atoms with E-state index in [4.69, 9.17) is 14.7 Å². The zero-order chi connectivity index (χ0) is 20.5. The van der Waals surface area contributed by atoms with Gasteiger partial charge in [0.05, 0.1) is 5.56 Å². The fraction of sp³-hybridized carbons (Fsp3) is 0.227. The number of halogens is 1. The molecule has 0 unspecified atom stereocenters. The molecule has 0 radical (unpaired) electrons. The van der Waals surface area contributed by atoms with Crippen LogP contribution in [0.5, 0.6) is 11.5 Å². The van der Waals surface area contributed by atoms with Gasteiger partial charge in [-0.1, -0.05) is 0 Å². The molecule has 3 rings (SSSR count). The highest BCUT2D eigenvalue weighted by atomic mass is 19.1. The number of aromatic nitrogens is 2. The van der Waals surface area contributed by atoms with E-state index < -0.39 is 0 Å². The van der Waals surface area contributed by atoms with Gasteiger partial charge < -0.3 is 14.8 Å². The molecule has 0 atom stereocenters. The van der Waals surface area contributed by atoms with Crippen molar-refractivity contribution in [3.63, 3.8) is 0 Å². The van der Waals surface area contributed by atoms with E-state index in [0.717, 1.165) is 31.4 Å². The van der Waals surface area contributed by atoms with Crippen LogP contribution in [0.4, 0.5) is 16.0 Å². The number of hydrogen-bond donors (Lipinski definition) is 1. The van der Waals surface area contributed by atoms with Crippen LogP contribution in [0.2, 0.25) is 0 Å². The molecule has 7 heteroatoms. The van der Waals surface area contributed by atoms with Crippen LogP contribution in [-0.2, 0) is 11.2 Å². The second kappa shape index (κ2) is 10.2. The average Bonchev–Trinajstić information content (AvgIpc) is 2.75. The van der Waals surface area contributed by atoms with E-state index in [9.17, 15) is 4.39 Å². The van der Waals surface area contributed by atoms with Crippen molar-refractivity contribution in [1.29, 1.82) is 5.26 Å². The Morgan fingerprint density at radius 2 is 1.90 bits per heavy atom. The van der Waals surface area contributed by atoms with Crippen molar-refractivity contribution in [2.75, 3.05) is 19.0 Å². The fourth-order valence-electron chi connectivity index (χ4n) is 2.65. The molecule has 0 aliphatic carbocycles. The molecule has 0 saturated heterocycles. The van der Waals surface area contributed by atoms with Crippen LogP contribution in [0.25, 0.3) is 0 Å². The maximum Gasteiger partial charge on any atom is 0.175 e. The summed E-state index contributed by atoms with van der Waals surface area (Å²) in [6, 6.07) is 13.1. The summed E-state index contributed by atoms with van der Waals surface area (Å²) >= 11 is 0. The first-order valence-electron chi connectivity index (χ1n) is 9.22. The summed E-state index contributed by atoms with van der Waals surface area (Å²) < 4.78 is 24.2. The summed E-state index contributed by atoms with van der Waals surface area (Å²) in [5.41, 5.74) is 1.49. The van der Waals surface area contributed by atoms with Gasteiger partial charge >= 0.3 is 0 Å². The molecule has 0 aliphatic rings. The van der Waals surface area contributed by atoms with Gasteiger partial charge in [0, 0.05) is 26.1 Å². The number of aryl methyl sites for hydroxylation is 1. The Kier molecular flexibility index (Phi) is 7.09. The summed E-state index contributed by atoms with van der Waals surface area (Å²) in [7, 11) is 1.69. The first kappa shape index (κ1) is 20.2.